The molecule has 2 nitrogen and oxygen atoms in total. The number of nitrogens with two attached hydrogens (primary N) is 1. The first-order valence-electron chi connectivity index (χ1n) is 7.06. The zero-order chi connectivity index (χ0) is 14.9. The molecule has 0 unspecified atom stereocenters. The first kappa shape index (κ1) is 14.4. The van der Waals surface area contributed by atoms with Crippen LogP contribution in [-0.2, 0) is 6.42 Å². The van der Waals surface area contributed by atoms with E-state index in [-0.39, 0.29) is 0 Å². The molecule has 2 aromatic carbocycles. The van der Waals surface area contributed by atoms with E-state index in [9.17, 15) is 0 Å². The molecular formula is C18H24N2. The zero-order valence-electron chi connectivity index (χ0n) is 13.1. The monoisotopic (exact) mass is 268 g/mol. The van der Waals surface area contributed by atoms with Gasteiger partial charge in [0.1, 0.15) is 0 Å². The van der Waals surface area contributed by atoms with Gasteiger partial charge in [0.05, 0.1) is 0 Å². The van der Waals surface area contributed by atoms with Gasteiger partial charge in [0.15, 0.2) is 0 Å². The maximum atomic E-state index is 6.02. The Morgan fingerprint density at radius 3 is 1.60 bits per heavy atom. The second-order valence-corrected chi connectivity index (χ2v) is 5.67. The second-order valence-electron chi connectivity index (χ2n) is 5.67. The summed E-state index contributed by atoms with van der Waals surface area (Å²) in [7, 11) is 1.97. The predicted octanol–water partition coefficient (Wildman–Crippen LogP) is 4.13. The van der Waals surface area contributed by atoms with E-state index in [0.29, 0.717) is 0 Å². The summed E-state index contributed by atoms with van der Waals surface area (Å²) in [6.07, 6.45) is 0.952. The van der Waals surface area contributed by atoms with Gasteiger partial charge in [-0.1, -0.05) is 24.3 Å². The van der Waals surface area contributed by atoms with E-state index in [2.05, 4.69) is 57.3 Å². The minimum Gasteiger partial charge on any atom is -0.398 e. The van der Waals surface area contributed by atoms with E-state index in [1.807, 2.05) is 7.05 Å². The molecule has 106 valence electrons. The van der Waals surface area contributed by atoms with E-state index in [4.69, 9.17) is 5.73 Å². The summed E-state index contributed by atoms with van der Waals surface area (Å²) in [6.45, 7) is 8.46. The van der Waals surface area contributed by atoms with Crippen LogP contribution in [0, 0.1) is 27.7 Å². The Morgan fingerprint density at radius 2 is 1.20 bits per heavy atom. The number of rotatable bonds is 3. The SMILES string of the molecule is CNc1c(C)cc(Cc2cc(C)c(N)c(C)c2)cc1C. The molecule has 0 aromatic heterocycles. The van der Waals surface area contributed by atoms with Gasteiger partial charge in [-0.25, -0.2) is 0 Å². The smallest absolute Gasteiger partial charge is 0.0397 e. The number of aryl methyl sites for hydroxylation is 4. The standard InChI is InChI=1S/C18H24N2/c1-11-6-15(7-12(2)17(11)19)10-16-8-13(3)18(20-5)14(4)9-16/h6-9,20H,10,19H2,1-5H3. The van der Waals surface area contributed by atoms with Crippen molar-refractivity contribution in [1.82, 2.24) is 0 Å². The molecule has 0 radical (unpaired) electrons. The number of benzene rings is 2. The fourth-order valence-electron chi connectivity index (χ4n) is 2.95. The van der Waals surface area contributed by atoms with Crippen LogP contribution in [0.2, 0.25) is 0 Å². The molecule has 0 bridgehead atoms. The number of hydrogen-bond acceptors (Lipinski definition) is 2. The first-order chi connectivity index (χ1) is 9.42. The van der Waals surface area contributed by atoms with E-state index in [0.717, 1.165) is 12.1 Å². The fraction of sp³-hybridized carbons (Fsp3) is 0.333. The molecule has 0 heterocycles. The topological polar surface area (TPSA) is 38.0 Å². The summed E-state index contributed by atoms with van der Waals surface area (Å²) in [4.78, 5) is 0. The molecule has 0 aliphatic heterocycles. The quantitative estimate of drug-likeness (QED) is 0.821. The average molecular weight is 268 g/mol. The van der Waals surface area contributed by atoms with Crippen LogP contribution in [0.1, 0.15) is 33.4 Å². The molecule has 0 saturated heterocycles. The van der Waals surface area contributed by atoms with Crippen LogP contribution in [-0.4, -0.2) is 7.05 Å². The molecule has 0 amide bonds. The summed E-state index contributed by atoms with van der Waals surface area (Å²) in [5.41, 5.74) is 15.8. The number of anilines is 2. The zero-order valence-corrected chi connectivity index (χ0v) is 13.1. The number of hydrogen-bond donors (Lipinski definition) is 2. The third kappa shape index (κ3) is 2.79. The van der Waals surface area contributed by atoms with E-state index in [1.165, 1.54) is 39.1 Å². The molecule has 0 aliphatic rings. The highest BCUT2D eigenvalue weighted by molar-refractivity contribution is 5.59. The average Bonchev–Trinajstić information content (AvgIpc) is 2.35. The molecule has 0 atom stereocenters. The maximum Gasteiger partial charge on any atom is 0.0397 e. The lowest BCUT2D eigenvalue weighted by Crippen LogP contribution is -2.00. The fourth-order valence-corrected chi connectivity index (χ4v) is 2.95. The summed E-state index contributed by atoms with van der Waals surface area (Å²) in [5, 5.41) is 3.26. The highest BCUT2D eigenvalue weighted by atomic mass is 14.8. The lowest BCUT2D eigenvalue weighted by atomic mass is 9.96. The van der Waals surface area contributed by atoms with Gasteiger partial charge in [0.25, 0.3) is 0 Å². The van der Waals surface area contributed by atoms with E-state index >= 15 is 0 Å². The largest absolute Gasteiger partial charge is 0.398 e. The molecule has 2 aromatic rings. The van der Waals surface area contributed by atoms with Gasteiger partial charge in [0.2, 0.25) is 0 Å². The number of nitrogens with one attached hydrogen (secondary N) is 1. The van der Waals surface area contributed by atoms with Crippen molar-refractivity contribution >= 4 is 11.4 Å². The number of nitrogen functional groups attached to an aromatic ring is 1. The Labute approximate surface area is 122 Å². The van der Waals surface area contributed by atoms with Crippen molar-refractivity contribution < 1.29 is 0 Å². The Kier molecular flexibility index (Phi) is 4.03. The Bertz CT molecular complexity index is 596. The molecule has 3 N–H and O–H groups in total. The van der Waals surface area contributed by atoms with E-state index in [1.54, 1.807) is 0 Å². The summed E-state index contributed by atoms with van der Waals surface area (Å²) < 4.78 is 0. The molecule has 0 spiro atoms. The predicted molar refractivity (Wildman–Crippen MR) is 88.6 cm³/mol. The Hall–Kier alpha value is -1.96. The van der Waals surface area contributed by atoms with Gasteiger partial charge >= 0.3 is 0 Å². The van der Waals surface area contributed by atoms with Gasteiger partial charge in [-0.3, -0.25) is 0 Å². The molecule has 2 heteroatoms. The van der Waals surface area contributed by atoms with Crippen LogP contribution in [0.4, 0.5) is 11.4 Å². The van der Waals surface area contributed by atoms with Crippen LogP contribution < -0.4 is 11.1 Å². The minimum atomic E-state index is 0.909. The highest BCUT2D eigenvalue weighted by Crippen LogP contribution is 2.25. The van der Waals surface area contributed by atoms with Gasteiger partial charge in [-0.05, 0) is 67.5 Å². The molecular weight excluding hydrogens is 244 g/mol. The lowest BCUT2D eigenvalue weighted by molar-refractivity contribution is 1.15. The summed E-state index contributed by atoms with van der Waals surface area (Å²) in [6, 6.07) is 8.91. The van der Waals surface area contributed by atoms with Gasteiger partial charge < -0.3 is 11.1 Å². The van der Waals surface area contributed by atoms with Crippen LogP contribution in [0.15, 0.2) is 24.3 Å². The molecule has 0 aliphatic carbocycles. The van der Waals surface area contributed by atoms with Crippen molar-refractivity contribution in [1.29, 1.82) is 0 Å². The molecule has 2 rings (SSSR count). The van der Waals surface area contributed by atoms with E-state index < -0.39 is 0 Å². The van der Waals surface area contributed by atoms with Crippen LogP contribution in [0.5, 0.6) is 0 Å². The van der Waals surface area contributed by atoms with Gasteiger partial charge in [-0.15, -0.1) is 0 Å². The molecule has 0 fully saturated rings. The van der Waals surface area contributed by atoms with Gasteiger partial charge in [-0.2, -0.15) is 0 Å². The van der Waals surface area contributed by atoms with Crippen LogP contribution >= 0.6 is 0 Å². The third-order valence-corrected chi connectivity index (χ3v) is 3.90. The first-order valence-corrected chi connectivity index (χ1v) is 7.06. The normalized spacial score (nSPS) is 10.7. The third-order valence-electron chi connectivity index (χ3n) is 3.90. The summed E-state index contributed by atoms with van der Waals surface area (Å²) >= 11 is 0. The van der Waals surface area contributed by atoms with Crippen molar-refractivity contribution in [2.24, 2.45) is 0 Å². The van der Waals surface area contributed by atoms with Crippen molar-refractivity contribution in [3.8, 4) is 0 Å². The van der Waals surface area contributed by atoms with Gasteiger partial charge in [0, 0.05) is 18.4 Å². The lowest BCUT2D eigenvalue weighted by Gasteiger charge is -2.13. The summed E-state index contributed by atoms with van der Waals surface area (Å²) in [5.74, 6) is 0. The molecule has 0 saturated carbocycles. The molecule has 20 heavy (non-hydrogen) atoms. The van der Waals surface area contributed by atoms with Crippen LogP contribution in [0.25, 0.3) is 0 Å². The maximum absolute atomic E-state index is 6.02. The van der Waals surface area contributed by atoms with Crippen molar-refractivity contribution in [3.63, 3.8) is 0 Å². The van der Waals surface area contributed by atoms with Crippen LogP contribution in [0.3, 0.4) is 0 Å². The van der Waals surface area contributed by atoms with Crippen molar-refractivity contribution in [2.75, 3.05) is 18.1 Å². The highest BCUT2D eigenvalue weighted by Gasteiger charge is 2.06. The van der Waals surface area contributed by atoms with Crippen molar-refractivity contribution in [3.05, 3.63) is 57.6 Å². The Balaban J connectivity index is 2.35. The van der Waals surface area contributed by atoms with Crippen molar-refractivity contribution in [2.45, 2.75) is 34.1 Å². The second kappa shape index (κ2) is 5.58. The minimum absolute atomic E-state index is 0.909. The Morgan fingerprint density at radius 1 is 0.800 bits per heavy atom.